The van der Waals surface area contributed by atoms with E-state index >= 15 is 0 Å². The van der Waals surface area contributed by atoms with Gasteiger partial charge in [-0.25, -0.2) is 0 Å². The molecule has 1 rings (SSSR count). The molecule has 52 valence electrons. The van der Waals surface area contributed by atoms with Gasteiger partial charge in [-0.05, 0) is 0 Å². The molecular formula is CAsBr2ClN2O2. The van der Waals surface area contributed by atoms with Gasteiger partial charge < -0.3 is 0 Å². The standard InChI is InChI=1S/CAsBr2ClN2O2/c3-2(4,6-7-2)1(8)9-5. The van der Waals surface area contributed by atoms with Crippen LogP contribution in [0.3, 0.4) is 0 Å². The van der Waals surface area contributed by atoms with Gasteiger partial charge in [0.05, 0.1) is 0 Å². The molecule has 0 aromatic carbocycles. The van der Waals surface area contributed by atoms with Crippen LogP contribution in [0, 0.1) is 0 Å². The summed E-state index contributed by atoms with van der Waals surface area (Å²) in [4.78, 5) is 10.7. The van der Waals surface area contributed by atoms with Crippen LogP contribution in [0.2, 0.25) is 0 Å². The van der Waals surface area contributed by atoms with Crippen LogP contribution in [0.1, 0.15) is 0 Å². The monoisotopic (exact) mass is 340 g/mol. The van der Waals surface area contributed by atoms with Gasteiger partial charge in [-0.2, -0.15) is 0 Å². The SMILES string of the molecule is O=C(OCl)[As]1(Br)(Br)N=N1. The molecule has 1 heterocycles. The maximum atomic E-state index is 10.7. The van der Waals surface area contributed by atoms with Crippen LogP contribution in [0.5, 0.6) is 0 Å². The van der Waals surface area contributed by atoms with Crippen molar-refractivity contribution in [1.82, 2.24) is 0 Å². The summed E-state index contributed by atoms with van der Waals surface area (Å²) in [5.41, 5.74) is 0. The fourth-order valence-electron chi connectivity index (χ4n) is 0.180. The van der Waals surface area contributed by atoms with Crippen molar-refractivity contribution in [3.63, 3.8) is 0 Å². The molecule has 0 N–H and O–H groups in total. The van der Waals surface area contributed by atoms with Crippen molar-refractivity contribution in [3.05, 3.63) is 0 Å². The first-order valence-corrected chi connectivity index (χ1v) is 13.4. The Morgan fingerprint density at radius 2 is 2.00 bits per heavy atom. The molecule has 0 amide bonds. The van der Waals surface area contributed by atoms with Crippen LogP contribution in [0.25, 0.3) is 0 Å². The van der Waals surface area contributed by atoms with E-state index in [1.54, 1.807) is 0 Å². The second kappa shape index (κ2) is 1.93. The molecule has 0 atom stereocenters. The number of hydrogen-bond acceptors (Lipinski definition) is 4. The number of carbonyl (C=O) groups excluding carboxylic acids is 1. The first-order valence-electron chi connectivity index (χ1n) is 1.72. The van der Waals surface area contributed by atoms with Gasteiger partial charge in [-0.1, -0.05) is 0 Å². The Bertz CT molecular complexity index is 195. The van der Waals surface area contributed by atoms with Crippen molar-refractivity contribution in [3.8, 4) is 0 Å². The first kappa shape index (κ1) is 7.98. The van der Waals surface area contributed by atoms with Crippen LogP contribution >= 0.6 is 39.7 Å². The zero-order valence-corrected chi connectivity index (χ0v) is 9.60. The van der Waals surface area contributed by atoms with Crippen molar-refractivity contribution >= 4 is 53.7 Å². The normalized spacial score (nSPS) is 29.9. The van der Waals surface area contributed by atoms with E-state index in [0.29, 0.717) is 0 Å². The molecule has 0 fully saturated rings. The molecule has 0 aliphatic carbocycles. The minimum absolute atomic E-state index is 0.629. The van der Waals surface area contributed by atoms with E-state index in [0.717, 1.165) is 0 Å². The zero-order valence-electron chi connectivity index (χ0n) is 3.79. The summed E-state index contributed by atoms with van der Waals surface area (Å²) in [6.07, 6.45) is 0. The maximum absolute atomic E-state index is 10.7. The molecule has 0 saturated heterocycles. The molecule has 1 aliphatic rings. The summed E-state index contributed by atoms with van der Waals surface area (Å²) < 4.78 is 10.3. The molecule has 0 radical (unpaired) electrons. The van der Waals surface area contributed by atoms with E-state index in [2.05, 4.69) is 40.2 Å². The van der Waals surface area contributed by atoms with E-state index in [1.165, 1.54) is 0 Å². The van der Waals surface area contributed by atoms with Crippen LogP contribution in [-0.2, 0) is 4.29 Å². The third kappa shape index (κ3) is 1.31. The fraction of sp³-hybridized carbons (Fsp3) is 0. The van der Waals surface area contributed by atoms with Gasteiger partial charge in [0.15, 0.2) is 0 Å². The van der Waals surface area contributed by atoms with Crippen molar-refractivity contribution in [2.45, 2.75) is 0 Å². The average Bonchev–Trinajstić information content (AvgIpc) is 2.43. The molecule has 0 saturated carbocycles. The van der Waals surface area contributed by atoms with E-state index < -0.39 is 13.9 Å². The van der Waals surface area contributed by atoms with Crippen LogP contribution in [0.15, 0.2) is 8.06 Å². The summed E-state index contributed by atoms with van der Waals surface area (Å²) in [6, 6.07) is 0. The Morgan fingerprint density at radius 1 is 1.56 bits per heavy atom. The van der Waals surface area contributed by atoms with Gasteiger partial charge >= 0.3 is 70.8 Å². The molecule has 1 aliphatic heterocycles. The fourth-order valence-corrected chi connectivity index (χ4v) is 7.76. The zero-order chi connectivity index (χ0) is 7.15. The Labute approximate surface area is 70.4 Å². The predicted molar refractivity (Wildman–Crippen MR) is 40.8 cm³/mol. The second-order valence-electron chi connectivity index (χ2n) is 1.35. The third-order valence-electron chi connectivity index (χ3n) is 0.681. The van der Waals surface area contributed by atoms with Crippen LogP contribution < -0.4 is 0 Å². The molecule has 8 heteroatoms. The van der Waals surface area contributed by atoms with E-state index in [1.807, 2.05) is 0 Å². The third-order valence-corrected chi connectivity index (χ3v) is 9.79. The molecule has 0 aromatic rings. The second-order valence-corrected chi connectivity index (χ2v) is 25.4. The molecule has 0 aromatic heterocycles. The van der Waals surface area contributed by atoms with Crippen LogP contribution in [-0.4, -0.2) is 13.9 Å². The van der Waals surface area contributed by atoms with E-state index in [4.69, 9.17) is 11.9 Å². The number of hydrogen-bond donors (Lipinski definition) is 0. The molecule has 0 bridgehead atoms. The van der Waals surface area contributed by atoms with Crippen molar-refractivity contribution in [2.75, 3.05) is 0 Å². The average molecular weight is 342 g/mol. The predicted octanol–water partition coefficient (Wildman–Crippen LogP) is 2.50. The Hall–Kier alpha value is 0.878. The number of halogens is 3. The number of nitrogens with zero attached hydrogens (tertiary/aromatic N) is 2. The van der Waals surface area contributed by atoms with Crippen LogP contribution in [0.4, 0.5) is 4.79 Å². The molecule has 0 spiro atoms. The number of carbonyl (C=O) groups is 1. The summed E-state index contributed by atoms with van der Waals surface area (Å²) in [5.74, 6) is 0. The topological polar surface area (TPSA) is 51.0 Å². The van der Waals surface area contributed by atoms with Gasteiger partial charge in [0.1, 0.15) is 0 Å². The van der Waals surface area contributed by atoms with Crippen molar-refractivity contribution in [2.24, 2.45) is 8.06 Å². The Morgan fingerprint density at radius 3 is 2.11 bits per heavy atom. The number of rotatable bonds is 1. The van der Waals surface area contributed by atoms with Gasteiger partial charge in [-0.3, -0.25) is 0 Å². The molecular weight excluding hydrogens is 342 g/mol. The minimum atomic E-state index is -3.57. The van der Waals surface area contributed by atoms with E-state index in [-0.39, 0.29) is 0 Å². The van der Waals surface area contributed by atoms with Crippen molar-refractivity contribution < 1.29 is 9.08 Å². The van der Waals surface area contributed by atoms with Gasteiger partial charge in [0.25, 0.3) is 0 Å². The summed E-state index contributed by atoms with van der Waals surface area (Å²) in [5, 5.41) is 0. The molecule has 0 unspecified atom stereocenters. The summed E-state index contributed by atoms with van der Waals surface area (Å²) in [7, 11) is -3.57. The van der Waals surface area contributed by atoms with Gasteiger partial charge in [0.2, 0.25) is 0 Å². The van der Waals surface area contributed by atoms with Gasteiger partial charge in [-0.15, -0.1) is 0 Å². The van der Waals surface area contributed by atoms with E-state index in [9.17, 15) is 4.79 Å². The van der Waals surface area contributed by atoms with Crippen molar-refractivity contribution in [1.29, 1.82) is 0 Å². The Balaban J connectivity index is 2.74. The molecule has 9 heavy (non-hydrogen) atoms. The van der Waals surface area contributed by atoms with Gasteiger partial charge in [0, 0.05) is 0 Å². The Kier molecular flexibility index (Phi) is 1.72. The molecule has 4 nitrogen and oxygen atoms in total. The first-order chi connectivity index (χ1) is 3.98. The quantitative estimate of drug-likeness (QED) is 0.688. The summed E-state index contributed by atoms with van der Waals surface area (Å²) >= 11 is 10.8. The summed E-state index contributed by atoms with van der Waals surface area (Å²) in [6.45, 7) is 0.